The summed E-state index contributed by atoms with van der Waals surface area (Å²) in [5, 5.41) is 5.00. The average Bonchev–Trinajstić information content (AvgIpc) is 2.50. The molecule has 0 atom stereocenters. The number of benzene rings is 1. The first-order chi connectivity index (χ1) is 11.7. The van der Waals surface area contributed by atoms with Crippen molar-refractivity contribution in [3.63, 3.8) is 0 Å². The minimum absolute atomic E-state index is 0.0252. The van der Waals surface area contributed by atoms with Crippen LogP contribution in [0.25, 0.3) is 0 Å². The highest BCUT2D eigenvalue weighted by molar-refractivity contribution is 7.89. The molecule has 2 rings (SSSR count). The van der Waals surface area contributed by atoms with Crippen LogP contribution in [0.5, 0.6) is 5.75 Å². The molecular weight excluding hydrogens is 350 g/mol. The van der Waals surface area contributed by atoms with Gasteiger partial charge in [0.05, 0.1) is 4.90 Å². The summed E-state index contributed by atoms with van der Waals surface area (Å²) in [7, 11) is -3.75. The second-order valence-electron chi connectivity index (χ2n) is 5.18. The molecule has 0 spiro atoms. The zero-order chi connectivity index (χ0) is 18.6. The number of aryl methyl sites for hydroxylation is 2. The molecule has 0 bridgehead atoms. The third kappa shape index (κ3) is 4.91. The number of hydrogen-bond acceptors (Lipinski definition) is 7. The van der Waals surface area contributed by atoms with Crippen molar-refractivity contribution in [2.24, 2.45) is 5.14 Å². The lowest BCUT2D eigenvalue weighted by Gasteiger charge is -2.10. The molecule has 0 fully saturated rings. The maximum atomic E-state index is 12.0. The maximum Gasteiger partial charge on any atom is 0.341 e. The zero-order valence-corrected chi connectivity index (χ0v) is 14.5. The zero-order valence-electron chi connectivity index (χ0n) is 13.6. The SMILES string of the molecule is Cc1cc(=O)oc(C)c1C(=O)OCCOc1ccc(S(N)(=O)=O)cc1. The van der Waals surface area contributed by atoms with Gasteiger partial charge in [-0.3, -0.25) is 0 Å². The van der Waals surface area contributed by atoms with Crippen LogP contribution in [-0.4, -0.2) is 27.6 Å². The number of rotatable bonds is 6. The van der Waals surface area contributed by atoms with E-state index in [1.165, 1.54) is 37.3 Å². The van der Waals surface area contributed by atoms with E-state index in [1.54, 1.807) is 6.92 Å². The Morgan fingerprint density at radius 2 is 1.80 bits per heavy atom. The van der Waals surface area contributed by atoms with Crippen LogP contribution in [0.4, 0.5) is 0 Å². The van der Waals surface area contributed by atoms with Gasteiger partial charge in [0.2, 0.25) is 10.0 Å². The van der Waals surface area contributed by atoms with Gasteiger partial charge in [0.15, 0.2) is 0 Å². The van der Waals surface area contributed by atoms with Crippen LogP contribution in [0.3, 0.4) is 0 Å². The standard InChI is InChI=1S/C16H17NO7S/c1-10-9-14(18)24-11(2)15(10)16(19)23-8-7-22-12-3-5-13(6-4-12)25(17,20)21/h3-6,9H,7-8H2,1-2H3,(H2,17,20,21). The Bertz CT molecular complexity index is 904. The van der Waals surface area contributed by atoms with Gasteiger partial charge in [0, 0.05) is 6.07 Å². The van der Waals surface area contributed by atoms with Crippen molar-refractivity contribution in [3.05, 3.63) is 57.6 Å². The summed E-state index contributed by atoms with van der Waals surface area (Å²) in [6.45, 7) is 3.15. The van der Waals surface area contributed by atoms with E-state index in [4.69, 9.17) is 19.0 Å². The van der Waals surface area contributed by atoms with Crippen molar-refractivity contribution in [2.45, 2.75) is 18.7 Å². The van der Waals surface area contributed by atoms with Crippen LogP contribution >= 0.6 is 0 Å². The molecular formula is C16H17NO7S. The van der Waals surface area contributed by atoms with Crippen molar-refractivity contribution in [3.8, 4) is 5.75 Å². The highest BCUT2D eigenvalue weighted by atomic mass is 32.2. The monoisotopic (exact) mass is 367 g/mol. The Morgan fingerprint density at radius 1 is 1.16 bits per heavy atom. The number of hydrogen-bond donors (Lipinski definition) is 1. The van der Waals surface area contributed by atoms with Crippen LogP contribution in [0.15, 0.2) is 44.4 Å². The number of primary sulfonamides is 1. The van der Waals surface area contributed by atoms with Gasteiger partial charge in [-0.25, -0.2) is 23.1 Å². The molecule has 0 saturated carbocycles. The minimum atomic E-state index is -3.75. The van der Waals surface area contributed by atoms with Crippen LogP contribution in [0.1, 0.15) is 21.7 Å². The number of ether oxygens (including phenoxy) is 2. The molecule has 0 radical (unpaired) electrons. The molecule has 0 saturated heterocycles. The van der Waals surface area contributed by atoms with Gasteiger partial charge in [0.25, 0.3) is 0 Å². The van der Waals surface area contributed by atoms with Gasteiger partial charge in [0.1, 0.15) is 30.3 Å². The first-order valence-electron chi connectivity index (χ1n) is 7.22. The average molecular weight is 367 g/mol. The van der Waals surface area contributed by atoms with Crippen molar-refractivity contribution in [1.82, 2.24) is 0 Å². The lowest BCUT2D eigenvalue weighted by atomic mass is 10.1. The third-order valence-corrected chi connectivity index (χ3v) is 4.21. The summed E-state index contributed by atoms with van der Waals surface area (Å²) in [5.74, 6) is -0.0251. The Morgan fingerprint density at radius 3 is 2.36 bits per heavy atom. The van der Waals surface area contributed by atoms with Gasteiger partial charge < -0.3 is 13.9 Å². The Kier molecular flexibility index (Phi) is 5.60. The van der Waals surface area contributed by atoms with E-state index in [-0.39, 0.29) is 29.4 Å². The summed E-state index contributed by atoms with van der Waals surface area (Å²) in [4.78, 5) is 23.2. The van der Waals surface area contributed by atoms with E-state index >= 15 is 0 Å². The fraction of sp³-hybridized carbons (Fsp3) is 0.250. The number of nitrogens with two attached hydrogens (primary N) is 1. The lowest BCUT2D eigenvalue weighted by Crippen LogP contribution is -2.16. The predicted octanol–water partition coefficient (Wildman–Crippen LogP) is 1.14. The van der Waals surface area contributed by atoms with Gasteiger partial charge >= 0.3 is 11.6 Å². The summed E-state index contributed by atoms with van der Waals surface area (Å²) in [6, 6.07) is 6.74. The fourth-order valence-corrected chi connectivity index (χ4v) is 2.67. The first kappa shape index (κ1) is 18.7. The van der Waals surface area contributed by atoms with Crippen LogP contribution in [0, 0.1) is 13.8 Å². The second-order valence-corrected chi connectivity index (χ2v) is 6.74. The van der Waals surface area contributed by atoms with Crippen LogP contribution in [-0.2, 0) is 14.8 Å². The van der Waals surface area contributed by atoms with Crippen LogP contribution < -0.4 is 15.5 Å². The van der Waals surface area contributed by atoms with Crippen molar-refractivity contribution >= 4 is 16.0 Å². The van der Waals surface area contributed by atoms with Crippen LogP contribution in [0.2, 0.25) is 0 Å². The molecule has 1 heterocycles. The molecule has 2 aromatic rings. The van der Waals surface area contributed by atoms with Gasteiger partial charge in [-0.15, -0.1) is 0 Å². The topological polar surface area (TPSA) is 126 Å². The molecule has 25 heavy (non-hydrogen) atoms. The van der Waals surface area contributed by atoms with E-state index in [0.29, 0.717) is 11.3 Å². The van der Waals surface area contributed by atoms with E-state index in [1.807, 2.05) is 0 Å². The van der Waals surface area contributed by atoms with Crippen molar-refractivity contribution in [2.75, 3.05) is 13.2 Å². The molecule has 9 heteroatoms. The first-order valence-corrected chi connectivity index (χ1v) is 8.77. The number of esters is 1. The highest BCUT2D eigenvalue weighted by Gasteiger charge is 2.16. The normalized spacial score (nSPS) is 11.2. The summed E-state index contributed by atoms with van der Waals surface area (Å²) in [6.07, 6.45) is 0. The molecule has 0 amide bonds. The Hall–Kier alpha value is -2.65. The van der Waals surface area contributed by atoms with Crippen molar-refractivity contribution < 1.29 is 27.1 Å². The van der Waals surface area contributed by atoms with Crippen molar-refractivity contribution in [1.29, 1.82) is 0 Å². The number of sulfonamides is 1. The van der Waals surface area contributed by atoms with E-state index < -0.39 is 21.6 Å². The Labute approximate surface area is 144 Å². The molecule has 0 unspecified atom stereocenters. The molecule has 1 aromatic carbocycles. The summed E-state index contributed by atoms with van der Waals surface area (Å²) in [5.41, 5.74) is 0.146. The van der Waals surface area contributed by atoms with E-state index in [9.17, 15) is 18.0 Å². The molecule has 1 aromatic heterocycles. The summed E-state index contributed by atoms with van der Waals surface area (Å²) < 4.78 is 37.6. The molecule has 8 nitrogen and oxygen atoms in total. The largest absolute Gasteiger partial charge is 0.490 e. The molecule has 0 aliphatic heterocycles. The molecule has 0 aliphatic rings. The minimum Gasteiger partial charge on any atom is -0.490 e. The highest BCUT2D eigenvalue weighted by Crippen LogP contribution is 2.15. The number of carbonyl (C=O) groups is 1. The van der Waals surface area contributed by atoms with Gasteiger partial charge in [-0.1, -0.05) is 0 Å². The van der Waals surface area contributed by atoms with E-state index in [2.05, 4.69) is 0 Å². The molecule has 0 aliphatic carbocycles. The predicted molar refractivity (Wildman–Crippen MR) is 88.0 cm³/mol. The second kappa shape index (κ2) is 7.49. The van der Waals surface area contributed by atoms with E-state index in [0.717, 1.165) is 0 Å². The summed E-state index contributed by atoms with van der Waals surface area (Å²) >= 11 is 0. The van der Waals surface area contributed by atoms with Gasteiger partial charge in [-0.05, 0) is 43.7 Å². The lowest BCUT2D eigenvalue weighted by molar-refractivity contribution is 0.0445. The molecule has 2 N–H and O–H groups in total. The quantitative estimate of drug-likeness (QED) is 0.599. The van der Waals surface area contributed by atoms with Gasteiger partial charge in [-0.2, -0.15) is 0 Å². The smallest absolute Gasteiger partial charge is 0.341 e. The molecule has 134 valence electrons. The Balaban J connectivity index is 1.89. The third-order valence-electron chi connectivity index (χ3n) is 3.28. The maximum absolute atomic E-state index is 12.0. The number of carbonyl (C=O) groups excluding carboxylic acids is 1. The fourth-order valence-electron chi connectivity index (χ4n) is 2.15.